The van der Waals surface area contributed by atoms with Gasteiger partial charge in [0, 0.05) is 16.3 Å². The van der Waals surface area contributed by atoms with E-state index in [1.807, 2.05) is 6.92 Å². The molecule has 0 spiro atoms. The SMILES string of the molecule is [B]c1cc(C(C)(CC)C2C=C(Br)C(OCC3CO3)=C(Br)C2)cc(C)c1OC(C=C(C)C(O)C(CC)Oc1c(C)cc(C(C)(C)c2cc(C)c(OC(CC)(CC)CC3CO3)c(C)c2)cc1C)(CC)CC. The highest BCUT2D eigenvalue weighted by Gasteiger charge is 2.40. The molecule has 376 valence electrons. The summed E-state index contributed by atoms with van der Waals surface area (Å²) in [5.74, 6) is 3.53. The van der Waals surface area contributed by atoms with Gasteiger partial charge in [0.2, 0.25) is 0 Å². The minimum absolute atomic E-state index is 0.184. The van der Waals surface area contributed by atoms with Gasteiger partial charge in [-0.15, -0.1) is 0 Å². The molecule has 0 amide bonds. The van der Waals surface area contributed by atoms with Gasteiger partial charge < -0.3 is 33.5 Å². The van der Waals surface area contributed by atoms with Gasteiger partial charge in [-0.25, -0.2) is 0 Å². The fraction of sp³-hybridized carbons (Fsp3) is 0.593. The van der Waals surface area contributed by atoms with E-state index in [0.29, 0.717) is 43.2 Å². The molecule has 6 unspecified atom stereocenters. The van der Waals surface area contributed by atoms with E-state index >= 15 is 0 Å². The van der Waals surface area contributed by atoms with Crippen molar-refractivity contribution < 1.29 is 33.5 Å². The molecule has 1 N–H and O–H groups in total. The molecule has 0 saturated carbocycles. The number of allylic oxidation sites excluding steroid dienone is 3. The summed E-state index contributed by atoms with van der Waals surface area (Å²) < 4.78 is 39.9. The van der Waals surface area contributed by atoms with Crippen LogP contribution in [-0.2, 0) is 25.0 Å². The summed E-state index contributed by atoms with van der Waals surface area (Å²) in [5.41, 5.74) is 8.98. The van der Waals surface area contributed by atoms with Crippen LogP contribution in [0.5, 0.6) is 17.2 Å². The molecule has 6 rings (SSSR count). The third kappa shape index (κ3) is 12.3. The van der Waals surface area contributed by atoms with Crippen LogP contribution in [0.1, 0.15) is 165 Å². The van der Waals surface area contributed by atoms with E-state index in [0.717, 1.165) is 105 Å². The van der Waals surface area contributed by atoms with Gasteiger partial charge in [-0.1, -0.05) is 126 Å². The van der Waals surface area contributed by atoms with E-state index in [4.69, 9.17) is 36.3 Å². The molecule has 2 radical (unpaired) electrons. The first-order valence-corrected chi connectivity index (χ1v) is 27.3. The summed E-state index contributed by atoms with van der Waals surface area (Å²) in [6.45, 7) is 34.7. The highest BCUT2D eigenvalue weighted by Crippen LogP contribution is 2.48. The second-order valence-corrected chi connectivity index (χ2v) is 23.0. The van der Waals surface area contributed by atoms with Crippen LogP contribution in [0.25, 0.3) is 0 Å². The second-order valence-electron chi connectivity index (χ2n) is 21.2. The fourth-order valence-corrected chi connectivity index (χ4v) is 12.0. The molecule has 10 heteroatoms. The number of epoxide rings is 2. The van der Waals surface area contributed by atoms with Gasteiger partial charge in [-0.05, 0) is 170 Å². The van der Waals surface area contributed by atoms with Gasteiger partial charge in [0.1, 0.15) is 67.0 Å². The van der Waals surface area contributed by atoms with Crippen LogP contribution < -0.4 is 19.7 Å². The topological polar surface area (TPSA) is 82.2 Å². The summed E-state index contributed by atoms with van der Waals surface area (Å²) in [7, 11) is 6.98. The number of halogens is 2. The number of aliphatic hydroxyl groups excluding tert-OH is 1. The van der Waals surface area contributed by atoms with Crippen LogP contribution in [-0.4, -0.2) is 68.4 Å². The minimum atomic E-state index is -0.857. The van der Waals surface area contributed by atoms with Crippen molar-refractivity contribution >= 4 is 45.2 Å². The molecule has 0 bridgehead atoms. The zero-order valence-electron chi connectivity index (χ0n) is 44.5. The lowest BCUT2D eigenvalue weighted by molar-refractivity contribution is 0.0418. The quantitative estimate of drug-likeness (QED) is 0.0544. The maximum absolute atomic E-state index is 12.1. The molecule has 2 saturated heterocycles. The first-order valence-electron chi connectivity index (χ1n) is 25.7. The van der Waals surface area contributed by atoms with Crippen molar-refractivity contribution in [1.29, 1.82) is 0 Å². The molecule has 3 aromatic rings. The lowest BCUT2D eigenvalue weighted by Crippen LogP contribution is -2.38. The Morgan fingerprint density at radius 2 is 1.26 bits per heavy atom. The molecule has 7 nitrogen and oxygen atoms in total. The van der Waals surface area contributed by atoms with Crippen LogP contribution in [0, 0.1) is 40.5 Å². The summed E-state index contributed by atoms with van der Waals surface area (Å²) in [5, 5.41) is 12.1. The van der Waals surface area contributed by atoms with Crippen LogP contribution in [0.4, 0.5) is 0 Å². The van der Waals surface area contributed by atoms with Gasteiger partial charge in [-0.2, -0.15) is 0 Å². The van der Waals surface area contributed by atoms with Crippen molar-refractivity contribution in [1.82, 2.24) is 0 Å². The maximum atomic E-state index is 12.1. The van der Waals surface area contributed by atoms with Crippen molar-refractivity contribution in [3.63, 3.8) is 0 Å². The Morgan fingerprint density at radius 3 is 1.72 bits per heavy atom. The molecule has 2 fully saturated rings. The average Bonchev–Trinajstić information content (AvgIpc) is 4.27. The van der Waals surface area contributed by atoms with Gasteiger partial charge in [0.15, 0.2) is 0 Å². The fourth-order valence-electron chi connectivity index (χ4n) is 10.4. The van der Waals surface area contributed by atoms with Gasteiger partial charge >= 0.3 is 0 Å². The van der Waals surface area contributed by atoms with E-state index in [1.54, 1.807) is 0 Å². The van der Waals surface area contributed by atoms with E-state index in [9.17, 15) is 5.11 Å². The Bertz CT molecular complexity index is 2330. The van der Waals surface area contributed by atoms with Crippen molar-refractivity contribution in [3.8, 4) is 17.2 Å². The lowest BCUT2D eigenvalue weighted by Gasteiger charge is -2.39. The average molecular weight is 1070 g/mol. The molecule has 2 heterocycles. The summed E-state index contributed by atoms with van der Waals surface area (Å²) >= 11 is 7.67. The van der Waals surface area contributed by atoms with E-state index < -0.39 is 17.8 Å². The normalized spacial score (nSPS) is 20.5. The van der Waals surface area contributed by atoms with Gasteiger partial charge in [-0.3, -0.25) is 0 Å². The lowest BCUT2D eigenvalue weighted by atomic mass is 9.66. The second kappa shape index (κ2) is 22.4. The highest BCUT2D eigenvalue weighted by atomic mass is 79.9. The molecule has 1 aliphatic carbocycles. The third-order valence-corrected chi connectivity index (χ3v) is 17.3. The number of hydrogen-bond donors (Lipinski definition) is 1. The van der Waals surface area contributed by atoms with Gasteiger partial charge in [0.05, 0.1) is 23.8 Å². The smallest absolute Gasteiger partial charge is 0.143 e. The predicted octanol–water partition coefficient (Wildman–Crippen LogP) is 14.2. The molecule has 3 aliphatic rings. The van der Waals surface area contributed by atoms with Crippen molar-refractivity contribution in [2.75, 3.05) is 19.8 Å². The summed E-state index contributed by atoms with van der Waals surface area (Å²) in [6, 6.07) is 13.4. The number of hydrogen-bond acceptors (Lipinski definition) is 7. The van der Waals surface area contributed by atoms with Crippen molar-refractivity contribution in [2.24, 2.45) is 5.92 Å². The Hall–Kier alpha value is -3.02. The van der Waals surface area contributed by atoms with Crippen LogP contribution in [0.3, 0.4) is 0 Å². The molecule has 6 atom stereocenters. The molecule has 3 aromatic carbocycles. The maximum Gasteiger partial charge on any atom is 0.143 e. The zero-order chi connectivity index (χ0) is 50.8. The first-order chi connectivity index (χ1) is 32.5. The Kier molecular flexibility index (Phi) is 18.0. The van der Waals surface area contributed by atoms with E-state index in [1.165, 1.54) is 16.7 Å². The Labute approximate surface area is 434 Å². The molecule has 2 aliphatic heterocycles. The van der Waals surface area contributed by atoms with Crippen LogP contribution >= 0.6 is 31.9 Å². The number of benzene rings is 3. The van der Waals surface area contributed by atoms with Crippen molar-refractivity contribution in [2.45, 2.75) is 202 Å². The number of aryl methyl sites for hydroxylation is 5. The number of aliphatic hydroxyl groups is 1. The molecule has 0 aromatic heterocycles. The van der Waals surface area contributed by atoms with E-state index in [-0.39, 0.29) is 28.5 Å². The largest absolute Gasteiger partial charge is 0.489 e. The van der Waals surface area contributed by atoms with Gasteiger partial charge in [0.25, 0.3) is 0 Å². The minimum Gasteiger partial charge on any atom is -0.489 e. The third-order valence-electron chi connectivity index (χ3n) is 16.0. The Balaban J connectivity index is 1.19. The molecular formula is C59H81BBr2O7. The van der Waals surface area contributed by atoms with Crippen molar-refractivity contribution in [3.05, 3.63) is 113 Å². The predicted molar refractivity (Wildman–Crippen MR) is 292 cm³/mol. The zero-order valence-corrected chi connectivity index (χ0v) is 47.7. The van der Waals surface area contributed by atoms with Crippen LogP contribution in [0.2, 0.25) is 0 Å². The first kappa shape index (κ1) is 55.3. The highest BCUT2D eigenvalue weighted by molar-refractivity contribution is 9.12. The molecular weight excluding hydrogens is 991 g/mol. The number of ether oxygens (including phenoxy) is 6. The Morgan fingerprint density at radius 1 is 0.739 bits per heavy atom. The monoisotopic (exact) mass is 1070 g/mol. The van der Waals surface area contributed by atoms with Crippen LogP contribution in [0.15, 0.2) is 68.8 Å². The number of rotatable bonds is 24. The van der Waals surface area contributed by atoms with E-state index in [2.05, 4.69) is 177 Å². The standard InChI is InChI=1S/C59H81BBr2O7/c1-16-50(67-52-35(7)22-41(23-36(52)8)56(13,14)42-24-37(9)53(38(10)25-42)68-59(20-5,21-6)31-45-32-64-45)51(63)40(12)30-58(18-3,19-4)69-54-39(11)26-43(27-47(54)60)57(15,17-2)44-28-48(61)55(49(62)29-44)66-34-46-33-65-46/h22-28,30,44-46,50-51,63H,16-21,29,31-34H2,1-15H3. The molecule has 69 heavy (non-hydrogen) atoms. The summed E-state index contributed by atoms with van der Waals surface area (Å²) in [4.78, 5) is 0. The summed E-state index contributed by atoms with van der Waals surface area (Å²) in [6.07, 6.45) is 10.1.